The Balaban J connectivity index is 3.21. The largest absolute Gasteiger partial charge is 0.496 e. The zero-order valence-electron chi connectivity index (χ0n) is 10.2. The lowest BCUT2D eigenvalue weighted by atomic mass is 9.85. The molecule has 0 heterocycles. The average Bonchev–Trinajstić information content (AvgIpc) is 2.25. The number of aliphatic hydroxyl groups excluding tert-OH is 1. The van der Waals surface area contributed by atoms with Crippen molar-refractivity contribution in [3.63, 3.8) is 0 Å². The lowest BCUT2D eigenvalue weighted by Gasteiger charge is -2.22. The molecule has 0 amide bonds. The van der Waals surface area contributed by atoms with Gasteiger partial charge in [-0.3, -0.25) is 0 Å². The molecule has 0 aliphatic rings. The van der Waals surface area contributed by atoms with Gasteiger partial charge in [0, 0.05) is 5.56 Å². The van der Waals surface area contributed by atoms with Crippen LogP contribution < -0.4 is 4.74 Å². The maximum Gasteiger partial charge on any atom is 0.124 e. The number of alkyl halides is 1. The van der Waals surface area contributed by atoms with Gasteiger partial charge < -0.3 is 9.84 Å². The third-order valence-corrected chi connectivity index (χ3v) is 2.89. The Hall–Kier alpha value is -0.730. The van der Waals surface area contributed by atoms with Crippen molar-refractivity contribution in [2.45, 2.75) is 32.3 Å². The summed E-state index contributed by atoms with van der Waals surface area (Å²) in [4.78, 5) is 0. The smallest absolute Gasteiger partial charge is 0.124 e. The van der Waals surface area contributed by atoms with E-state index in [1.54, 1.807) is 7.11 Å². The molecule has 0 saturated heterocycles. The highest BCUT2D eigenvalue weighted by atomic mass is 35.5. The summed E-state index contributed by atoms with van der Waals surface area (Å²) in [5.74, 6) is 0.852. The summed E-state index contributed by atoms with van der Waals surface area (Å²) in [5.41, 5.74) is 1.96. The number of hydrogen-bond acceptors (Lipinski definition) is 2. The first-order chi connectivity index (χ1) is 7.40. The highest BCUT2D eigenvalue weighted by molar-refractivity contribution is 6.18. The van der Waals surface area contributed by atoms with Gasteiger partial charge in [-0.25, -0.2) is 0 Å². The van der Waals surface area contributed by atoms with E-state index in [1.807, 2.05) is 18.2 Å². The van der Waals surface area contributed by atoms with Crippen LogP contribution in [0.4, 0.5) is 0 Å². The minimum Gasteiger partial charge on any atom is -0.496 e. The fraction of sp³-hybridized carbons (Fsp3) is 0.538. The van der Waals surface area contributed by atoms with Gasteiger partial charge in [0.25, 0.3) is 0 Å². The van der Waals surface area contributed by atoms with Crippen LogP contribution in [0.2, 0.25) is 0 Å². The molecule has 1 unspecified atom stereocenters. The maximum absolute atomic E-state index is 9.82. The van der Waals surface area contributed by atoms with Gasteiger partial charge in [0.2, 0.25) is 0 Å². The van der Waals surface area contributed by atoms with Crippen LogP contribution in [0.15, 0.2) is 18.2 Å². The van der Waals surface area contributed by atoms with Gasteiger partial charge in [-0.2, -0.15) is 0 Å². The van der Waals surface area contributed by atoms with Gasteiger partial charge in [0.15, 0.2) is 0 Å². The van der Waals surface area contributed by atoms with E-state index in [0.717, 1.165) is 11.1 Å². The number of hydrogen-bond donors (Lipinski definition) is 1. The minimum absolute atomic E-state index is 0.0487. The third-order valence-electron chi connectivity index (χ3n) is 2.60. The van der Waals surface area contributed by atoms with E-state index >= 15 is 0 Å². The summed E-state index contributed by atoms with van der Waals surface area (Å²) in [5, 5.41) is 9.82. The molecular weight excluding hydrogens is 224 g/mol. The van der Waals surface area contributed by atoms with Crippen molar-refractivity contribution in [3.05, 3.63) is 29.3 Å². The Morgan fingerprint density at radius 1 is 1.38 bits per heavy atom. The molecule has 1 aromatic carbocycles. The number of halogens is 1. The fourth-order valence-electron chi connectivity index (χ4n) is 1.54. The van der Waals surface area contributed by atoms with E-state index in [4.69, 9.17) is 16.3 Å². The number of benzene rings is 1. The molecule has 90 valence electrons. The van der Waals surface area contributed by atoms with E-state index in [0.29, 0.717) is 5.75 Å². The first-order valence-electron chi connectivity index (χ1n) is 5.32. The summed E-state index contributed by atoms with van der Waals surface area (Å²) >= 11 is 5.68. The van der Waals surface area contributed by atoms with Gasteiger partial charge in [0.1, 0.15) is 5.75 Å². The van der Waals surface area contributed by atoms with E-state index in [1.165, 1.54) is 0 Å². The Morgan fingerprint density at radius 2 is 2.00 bits per heavy atom. The first-order valence-corrected chi connectivity index (χ1v) is 5.86. The number of methoxy groups -OCH3 is 1. The maximum atomic E-state index is 9.82. The molecule has 0 saturated carbocycles. The van der Waals surface area contributed by atoms with Crippen molar-refractivity contribution in [3.8, 4) is 5.75 Å². The molecule has 1 atom stereocenters. The van der Waals surface area contributed by atoms with Crippen molar-refractivity contribution in [1.29, 1.82) is 0 Å². The Bertz CT molecular complexity index is 355. The minimum atomic E-state index is -0.682. The highest BCUT2D eigenvalue weighted by Crippen LogP contribution is 2.31. The van der Waals surface area contributed by atoms with Crippen molar-refractivity contribution in [1.82, 2.24) is 0 Å². The van der Waals surface area contributed by atoms with Crippen LogP contribution in [0.5, 0.6) is 5.75 Å². The molecule has 0 radical (unpaired) electrons. The molecule has 1 rings (SSSR count). The molecule has 0 fully saturated rings. The Morgan fingerprint density at radius 3 is 2.44 bits per heavy atom. The summed E-state index contributed by atoms with van der Waals surface area (Å²) in [6.45, 7) is 6.39. The van der Waals surface area contributed by atoms with Crippen LogP contribution in [0.25, 0.3) is 0 Å². The van der Waals surface area contributed by atoms with E-state index < -0.39 is 6.10 Å². The Labute approximate surface area is 102 Å². The number of aliphatic hydroxyl groups is 1. The topological polar surface area (TPSA) is 29.5 Å². The van der Waals surface area contributed by atoms with Crippen molar-refractivity contribution in [2.24, 2.45) is 0 Å². The van der Waals surface area contributed by atoms with Crippen molar-refractivity contribution >= 4 is 11.6 Å². The molecule has 0 aromatic heterocycles. The molecule has 16 heavy (non-hydrogen) atoms. The molecule has 0 spiro atoms. The summed E-state index contributed by atoms with van der Waals surface area (Å²) in [6, 6.07) is 5.86. The number of ether oxygens (including phenoxy) is 1. The predicted octanol–water partition coefficient (Wildman–Crippen LogP) is 3.26. The molecule has 0 aliphatic carbocycles. The standard InChI is InChI=1S/C13H19ClO2/c1-13(2,3)9-5-6-12(16-4)10(7-9)11(15)8-14/h5-7,11,15H,8H2,1-4H3. The molecular formula is C13H19ClO2. The first kappa shape index (κ1) is 13.3. The zero-order chi connectivity index (χ0) is 12.3. The third kappa shape index (κ3) is 2.89. The van der Waals surface area contributed by atoms with Gasteiger partial charge >= 0.3 is 0 Å². The highest BCUT2D eigenvalue weighted by Gasteiger charge is 2.18. The quantitative estimate of drug-likeness (QED) is 0.825. The summed E-state index contributed by atoms with van der Waals surface area (Å²) in [7, 11) is 1.59. The summed E-state index contributed by atoms with van der Waals surface area (Å²) in [6.07, 6.45) is -0.682. The second-order valence-corrected chi connectivity index (χ2v) is 5.19. The normalized spacial score (nSPS) is 13.6. The van der Waals surface area contributed by atoms with Crippen LogP contribution in [0.1, 0.15) is 38.0 Å². The van der Waals surface area contributed by atoms with Crippen molar-refractivity contribution in [2.75, 3.05) is 13.0 Å². The van der Waals surface area contributed by atoms with Gasteiger partial charge in [0.05, 0.1) is 19.1 Å². The fourth-order valence-corrected chi connectivity index (χ4v) is 1.71. The molecule has 0 bridgehead atoms. The zero-order valence-corrected chi connectivity index (χ0v) is 11.0. The second kappa shape index (κ2) is 5.07. The number of rotatable bonds is 3. The van der Waals surface area contributed by atoms with Gasteiger partial charge in [-0.1, -0.05) is 26.8 Å². The average molecular weight is 243 g/mol. The van der Waals surface area contributed by atoms with Crippen LogP contribution >= 0.6 is 11.6 Å². The lowest BCUT2D eigenvalue weighted by Crippen LogP contribution is -2.13. The van der Waals surface area contributed by atoms with E-state index in [2.05, 4.69) is 20.8 Å². The lowest BCUT2D eigenvalue weighted by molar-refractivity contribution is 0.197. The molecule has 1 N–H and O–H groups in total. The van der Waals surface area contributed by atoms with Crippen LogP contribution in [0, 0.1) is 0 Å². The molecule has 0 aliphatic heterocycles. The molecule has 1 aromatic rings. The molecule has 3 heteroatoms. The van der Waals surface area contributed by atoms with Crippen LogP contribution in [0.3, 0.4) is 0 Å². The van der Waals surface area contributed by atoms with Gasteiger partial charge in [-0.15, -0.1) is 11.6 Å². The molecule has 2 nitrogen and oxygen atoms in total. The monoisotopic (exact) mass is 242 g/mol. The van der Waals surface area contributed by atoms with Crippen LogP contribution in [-0.4, -0.2) is 18.1 Å². The predicted molar refractivity (Wildman–Crippen MR) is 67.4 cm³/mol. The SMILES string of the molecule is COc1ccc(C(C)(C)C)cc1C(O)CCl. The van der Waals surface area contributed by atoms with E-state index in [9.17, 15) is 5.11 Å². The van der Waals surface area contributed by atoms with Crippen molar-refractivity contribution < 1.29 is 9.84 Å². The second-order valence-electron chi connectivity index (χ2n) is 4.88. The van der Waals surface area contributed by atoms with E-state index in [-0.39, 0.29) is 11.3 Å². The van der Waals surface area contributed by atoms with Crippen LogP contribution in [-0.2, 0) is 5.41 Å². The Kier molecular flexibility index (Phi) is 4.22. The summed E-state index contributed by atoms with van der Waals surface area (Å²) < 4.78 is 5.22. The van der Waals surface area contributed by atoms with Gasteiger partial charge in [-0.05, 0) is 23.1 Å².